The van der Waals surface area contributed by atoms with Gasteiger partial charge in [0.15, 0.2) is 0 Å². The number of anilines is 2. The van der Waals surface area contributed by atoms with E-state index in [0.29, 0.717) is 37.8 Å². The summed E-state index contributed by atoms with van der Waals surface area (Å²) < 4.78 is 0. The molecule has 0 atom stereocenters. The molecule has 0 saturated heterocycles. The van der Waals surface area contributed by atoms with Crippen LogP contribution in [0.5, 0.6) is 0 Å². The van der Waals surface area contributed by atoms with Crippen molar-refractivity contribution in [3.8, 4) is 0 Å². The van der Waals surface area contributed by atoms with E-state index < -0.39 is 0 Å². The molecule has 0 bridgehead atoms. The molecule has 0 aliphatic rings. The summed E-state index contributed by atoms with van der Waals surface area (Å²) in [6.45, 7) is 3.17. The third-order valence-corrected chi connectivity index (χ3v) is 2.00. The van der Waals surface area contributed by atoms with Crippen molar-refractivity contribution in [3.63, 3.8) is 0 Å². The fraction of sp³-hybridized carbons (Fsp3) is 0.556. The van der Waals surface area contributed by atoms with E-state index in [0.717, 1.165) is 0 Å². The molecule has 7 nitrogen and oxygen atoms in total. The third-order valence-electron chi connectivity index (χ3n) is 1.83. The van der Waals surface area contributed by atoms with Gasteiger partial charge in [0.25, 0.3) is 0 Å². The molecule has 0 aromatic carbocycles. The van der Waals surface area contributed by atoms with Gasteiger partial charge >= 0.3 is 0 Å². The number of aromatic nitrogens is 3. The zero-order valence-electron chi connectivity index (χ0n) is 9.53. The van der Waals surface area contributed by atoms with Gasteiger partial charge in [-0.1, -0.05) is 0 Å². The number of hydrogen-bond acceptors (Lipinski definition) is 6. The summed E-state index contributed by atoms with van der Waals surface area (Å²) in [6, 6.07) is 0. The molecule has 1 aromatic rings. The lowest BCUT2D eigenvalue weighted by molar-refractivity contribution is -0.118. The van der Waals surface area contributed by atoms with Crippen LogP contribution >= 0.6 is 11.6 Å². The molecule has 0 fully saturated rings. The van der Waals surface area contributed by atoms with Gasteiger partial charge in [-0.25, -0.2) is 0 Å². The molecule has 0 aliphatic carbocycles. The highest BCUT2D eigenvalue weighted by molar-refractivity contribution is 6.28. The maximum Gasteiger partial charge on any atom is 0.228 e. The number of nitrogens with two attached hydrogens (primary N) is 1. The highest BCUT2D eigenvalue weighted by Crippen LogP contribution is 2.09. The van der Waals surface area contributed by atoms with Crippen molar-refractivity contribution in [2.24, 2.45) is 5.73 Å². The number of nitrogens with zero attached hydrogens (tertiary/aromatic N) is 3. The number of amides is 1. The lowest BCUT2D eigenvalue weighted by atomic mass is 10.3. The maximum absolute atomic E-state index is 10.5. The van der Waals surface area contributed by atoms with Gasteiger partial charge in [0.1, 0.15) is 0 Å². The highest BCUT2D eigenvalue weighted by Gasteiger charge is 2.03. The number of nitrogens with one attached hydrogen (secondary N) is 2. The molecule has 0 radical (unpaired) electrons. The largest absolute Gasteiger partial charge is 0.370 e. The van der Waals surface area contributed by atoms with E-state index in [2.05, 4.69) is 25.6 Å². The Labute approximate surface area is 104 Å². The molecule has 0 unspecified atom stereocenters. The smallest absolute Gasteiger partial charge is 0.228 e. The molecule has 0 aliphatic heterocycles. The maximum atomic E-state index is 10.5. The van der Waals surface area contributed by atoms with E-state index in [-0.39, 0.29) is 11.2 Å². The predicted octanol–water partition coefficient (Wildman–Crippen LogP) is 0.634. The van der Waals surface area contributed by atoms with Gasteiger partial charge in [-0.15, -0.1) is 0 Å². The Balaban J connectivity index is 2.49. The van der Waals surface area contributed by atoms with Gasteiger partial charge in [0.2, 0.25) is 23.1 Å². The van der Waals surface area contributed by atoms with Crippen molar-refractivity contribution in [1.82, 2.24) is 15.0 Å². The number of primary amides is 1. The van der Waals surface area contributed by atoms with Crippen LogP contribution in [-0.4, -0.2) is 33.9 Å². The van der Waals surface area contributed by atoms with Crippen LogP contribution in [0.15, 0.2) is 0 Å². The van der Waals surface area contributed by atoms with Crippen molar-refractivity contribution in [1.29, 1.82) is 0 Å². The van der Waals surface area contributed by atoms with E-state index in [9.17, 15) is 4.79 Å². The fourth-order valence-corrected chi connectivity index (χ4v) is 1.29. The van der Waals surface area contributed by atoms with Crippen LogP contribution < -0.4 is 16.4 Å². The Hall–Kier alpha value is -1.63. The SMILES string of the molecule is CCNc1nc(Cl)nc(NCCCC(N)=O)n1. The van der Waals surface area contributed by atoms with Crippen LogP contribution in [0.3, 0.4) is 0 Å². The number of carbonyl (C=O) groups is 1. The van der Waals surface area contributed by atoms with Gasteiger partial charge in [-0.3, -0.25) is 4.79 Å². The molecule has 0 spiro atoms. The summed E-state index contributed by atoms with van der Waals surface area (Å²) in [5.74, 6) is 0.476. The van der Waals surface area contributed by atoms with Crippen molar-refractivity contribution in [3.05, 3.63) is 5.28 Å². The molecule has 1 rings (SSSR count). The molecule has 1 heterocycles. The van der Waals surface area contributed by atoms with Crippen LogP contribution in [0, 0.1) is 0 Å². The summed E-state index contributed by atoms with van der Waals surface area (Å²) in [5, 5.41) is 6.00. The molecule has 4 N–H and O–H groups in total. The minimum atomic E-state index is -0.325. The van der Waals surface area contributed by atoms with Crippen molar-refractivity contribution >= 4 is 29.4 Å². The van der Waals surface area contributed by atoms with E-state index in [1.807, 2.05) is 6.92 Å². The summed E-state index contributed by atoms with van der Waals surface area (Å²) in [6.07, 6.45) is 0.945. The molecule has 0 saturated carbocycles. The second kappa shape index (κ2) is 6.85. The first-order valence-electron chi connectivity index (χ1n) is 5.29. The van der Waals surface area contributed by atoms with Crippen molar-refractivity contribution in [2.45, 2.75) is 19.8 Å². The topological polar surface area (TPSA) is 106 Å². The minimum absolute atomic E-state index is 0.119. The van der Waals surface area contributed by atoms with Crippen LogP contribution in [-0.2, 0) is 4.79 Å². The van der Waals surface area contributed by atoms with Gasteiger partial charge < -0.3 is 16.4 Å². The fourth-order valence-electron chi connectivity index (χ4n) is 1.13. The Morgan fingerprint density at radius 2 is 1.94 bits per heavy atom. The summed E-state index contributed by atoms with van der Waals surface area (Å²) >= 11 is 5.73. The van der Waals surface area contributed by atoms with E-state index in [1.165, 1.54) is 0 Å². The molecule has 1 amide bonds. The summed E-state index contributed by atoms with van der Waals surface area (Å²) in [5.41, 5.74) is 5.02. The van der Waals surface area contributed by atoms with Crippen LogP contribution in [0.1, 0.15) is 19.8 Å². The average molecular weight is 259 g/mol. The Morgan fingerprint density at radius 1 is 1.29 bits per heavy atom. The van der Waals surface area contributed by atoms with Gasteiger partial charge in [-0.2, -0.15) is 15.0 Å². The summed E-state index contributed by atoms with van der Waals surface area (Å²) in [4.78, 5) is 22.4. The second-order valence-corrected chi connectivity index (χ2v) is 3.62. The zero-order chi connectivity index (χ0) is 12.7. The molecular weight excluding hydrogens is 244 g/mol. The Bertz CT molecular complexity index is 386. The van der Waals surface area contributed by atoms with Crippen molar-refractivity contribution < 1.29 is 4.79 Å². The first kappa shape index (κ1) is 13.4. The first-order valence-corrected chi connectivity index (χ1v) is 5.67. The molecule has 94 valence electrons. The van der Waals surface area contributed by atoms with Crippen LogP contribution in [0.4, 0.5) is 11.9 Å². The number of carbonyl (C=O) groups excluding carboxylic acids is 1. The number of halogens is 1. The second-order valence-electron chi connectivity index (χ2n) is 3.28. The van der Waals surface area contributed by atoms with Crippen molar-refractivity contribution in [2.75, 3.05) is 23.7 Å². The third kappa shape index (κ3) is 5.30. The average Bonchev–Trinajstić information content (AvgIpc) is 2.24. The normalized spacial score (nSPS) is 10.0. The number of rotatable bonds is 7. The quantitative estimate of drug-likeness (QED) is 0.620. The number of hydrogen-bond donors (Lipinski definition) is 3. The Morgan fingerprint density at radius 3 is 2.53 bits per heavy atom. The van der Waals surface area contributed by atoms with Crippen LogP contribution in [0.2, 0.25) is 5.28 Å². The van der Waals surface area contributed by atoms with E-state index >= 15 is 0 Å². The summed E-state index contributed by atoms with van der Waals surface area (Å²) in [7, 11) is 0. The standard InChI is InChI=1S/C9H15ClN6O/c1-2-12-8-14-7(10)15-9(16-8)13-5-3-4-6(11)17/h2-5H2,1H3,(H2,11,17)(H2,12,13,14,15,16). The minimum Gasteiger partial charge on any atom is -0.370 e. The van der Waals surface area contributed by atoms with E-state index in [1.54, 1.807) is 0 Å². The molecular formula is C9H15ClN6O. The van der Waals surface area contributed by atoms with E-state index in [4.69, 9.17) is 17.3 Å². The Kier molecular flexibility index (Phi) is 5.41. The lowest BCUT2D eigenvalue weighted by Crippen LogP contribution is -2.14. The monoisotopic (exact) mass is 258 g/mol. The zero-order valence-corrected chi connectivity index (χ0v) is 10.3. The first-order chi connectivity index (χ1) is 8.11. The highest BCUT2D eigenvalue weighted by atomic mass is 35.5. The predicted molar refractivity (Wildman–Crippen MR) is 65.9 cm³/mol. The van der Waals surface area contributed by atoms with Gasteiger partial charge in [0, 0.05) is 19.5 Å². The van der Waals surface area contributed by atoms with Gasteiger partial charge in [0.05, 0.1) is 0 Å². The van der Waals surface area contributed by atoms with Gasteiger partial charge in [-0.05, 0) is 24.9 Å². The van der Waals surface area contributed by atoms with Crippen LogP contribution in [0.25, 0.3) is 0 Å². The lowest BCUT2D eigenvalue weighted by Gasteiger charge is -2.06. The molecule has 1 aromatic heterocycles. The molecule has 8 heteroatoms. The molecule has 17 heavy (non-hydrogen) atoms.